The molecule has 0 radical (unpaired) electrons. The summed E-state index contributed by atoms with van der Waals surface area (Å²) >= 11 is 2.25. The molecule has 17 heavy (non-hydrogen) atoms. The van der Waals surface area contributed by atoms with E-state index in [1.54, 1.807) is 0 Å². The number of alkyl halides is 1. The lowest BCUT2D eigenvalue weighted by Gasteiger charge is -2.35. The predicted octanol–water partition coefficient (Wildman–Crippen LogP) is 2.77. The van der Waals surface area contributed by atoms with E-state index in [0.29, 0.717) is 12.8 Å². The van der Waals surface area contributed by atoms with Gasteiger partial charge in [0, 0.05) is 22.8 Å². The molecule has 1 saturated heterocycles. The topological polar surface area (TPSA) is 49.8 Å². The molecule has 100 valence electrons. The summed E-state index contributed by atoms with van der Waals surface area (Å²) in [7, 11) is 0. The number of hydroxylamine groups is 2. The van der Waals surface area contributed by atoms with Gasteiger partial charge in [0.05, 0.1) is 5.54 Å². The Balaban J connectivity index is 2.63. The van der Waals surface area contributed by atoms with Crippen LogP contribution in [0.15, 0.2) is 0 Å². The SMILES string of the molecule is CC1(C)CC(OC(=O)CCCI)C(C)(C)N1O. The van der Waals surface area contributed by atoms with E-state index in [4.69, 9.17) is 4.74 Å². The van der Waals surface area contributed by atoms with Gasteiger partial charge in [0.15, 0.2) is 0 Å². The number of nitrogens with zero attached hydrogens (tertiary/aromatic N) is 1. The quantitative estimate of drug-likeness (QED) is 0.479. The average molecular weight is 355 g/mol. The second-order valence-corrected chi connectivity index (χ2v) is 6.83. The Morgan fingerprint density at radius 1 is 1.47 bits per heavy atom. The van der Waals surface area contributed by atoms with Crippen molar-refractivity contribution in [3.8, 4) is 0 Å². The van der Waals surface area contributed by atoms with Crippen LogP contribution in [0, 0.1) is 0 Å². The van der Waals surface area contributed by atoms with Crippen LogP contribution in [0.5, 0.6) is 0 Å². The van der Waals surface area contributed by atoms with E-state index in [1.165, 1.54) is 5.06 Å². The van der Waals surface area contributed by atoms with E-state index in [9.17, 15) is 10.0 Å². The van der Waals surface area contributed by atoms with E-state index in [1.807, 2.05) is 27.7 Å². The number of carbonyl (C=O) groups is 1. The minimum Gasteiger partial charge on any atom is -0.460 e. The zero-order chi connectivity index (χ0) is 13.3. The maximum Gasteiger partial charge on any atom is 0.306 e. The highest BCUT2D eigenvalue weighted by atomic mass is 127. The van der Waals surface area contributed by atoms with Gasteiger partial charge >= 0.3 is 5.97 Å². The van der Waals surface area contributed by atoms with Crippen molar-refractivity contribution in [2.75, 3.05) is 4.43 Å². The maximum absolute atomic E-state index is 11.6. The third-order valence-electron chi connectivity index (χ3n) is 3.38. The highest BCUT2D eigenvalue weighted by Crippen LogP contribution is 2.40. The summed E-state index contributed by atoms with van der Waals surface area (Å²) in [4.78, 5) is 11.6. The Hall–Kier alpha value is 0.120. The van der Waals surface area contributed by atoms with Gasteiger partial charge in [-0.15, -0.1) is 0 Å². The van der Waals surface area contributed by atoms with Crippen LogP contribution in [-0.4, -0.2) is 37.8 Å². The molecule has 1 atom stereocenters. The lowest BCUT2D eigenvalue weighted by atomic mass is 9.97. The summed E-state index contributed by atoms with van der Waals surface area (Å²) in [6, 6.07) is 0. The van der Waals surface area contributed by atoms with Gasteiger partial charge in [-0.1, -0.05) is 22.6 Å². The van der Waals surface area contributed by atoms with E-state index in [2.05, 4.69) is 22.6 Å². The first-order chi connectivity index (χ1) is 7.71. The number of ether oxygens (including phenoxy) is 1. The van der Waals surface area contributed by atoms with Crippen LogP contribution in [0.4, 0.5) is 0 Å². The van der Waals surface area contributed by atoms with Crippen molar-refractivity contribution in [3.05, 3.63) is 0 Å². The van der Waals surface area contributed by atoms with Crippen molar-refractivity contribution in [1.82, 2.24) is 5.06 Å². The van der Waals surface area contributed by atoms with Crippen molar-refractivity contribution in [2.24, 2.45) is 0 Å². The minimum atomic E-state index is -0.524. The number of hydrogen-bond acceptors (Lipinski definition) is 4. The Bertz CT molecular complexity index is 291. The lowest BCUT2D eigenvalue weighted by Crippen LogP contribution is -2.49. The summed E-state index contributed by atoms with van der Waals surface area (Å²) in [5.41, 5.74) is -0.874. The predicted molar refractivity (Wildman–Crippen MR) is 74.4 cm³/mol. The van der Waals surface area contributed by atoms with Crippen LogP contribution in [-0.2, 0) is 9.53 Å². The molecule has 5 heteroatoms. The number of hydrogen-bond donors (Lipinski definition) is 1. The molecule has 1 unspecified atom stereocenters. The first-order valence-corrected chi connectivity index (χ1v) is 7.49. The number of esters is 1. The number of rotatable bonds is 4. The van der Waals surface area contributed by atoms with Gasteiger partial charge in [-0.3, -0.25) is 4.79 Å². The third-order valence-corrected chi connectivity index (χ3v) is 4.14. The largest absolute Gasteiger partial charge is 0.460 e. The fourth-order valence-corrected chi connectivity index (χ4v) is 2.70. The monoisotopic (exact) mass is 355 g/mol. The standard InChI is InChI=1S/C12H22INO3/c1-11(2)8-9(12(3,4)14(11)16)17-10(15)6-5-7-13/h9,16H,5-8H2,1-4H3. The molecule has 0 amide bonds. The summed E-state index contributed by atoms with van der Waals surface area (Å²) in [5, 5.41) is 11.4. The zero-order valence-electron chi connectivity index (χ0n) is 11.0. The van der Waals surface area contributed by atoms with Gasteiger partial charge in [0.25, 0.3) is 0 Å². The Morgan fingerprint density at radius 3 is 2.47 bits per heavy atom. The molecule has 0 saturated carbocycles. The second kappa shape index (κ2) is 5.40. The van der Waals surface area contributed by atoms with Crippen LogP contribution in [0.3, 0.4) is 0 Å². The first-order valence-electron chi connectivity index (χ1n) is 5.96. The number of carbonyl (C=O) groups excluding carboxylic acids is 1. The Morgan fingerprint density at radius 2 is 2.06 bits per heavy atom. The molecule has 0 aliphatic carbocycles. The van der Waals surface area contributed by atoms with E-state index in [0.717, 1.165) is 10.8 Å². The van der Waals surface area contributed by atoms with Crippen LogP contribution in [0.25, 0.3) is 0 Å². The Labute approximate surface area is 117 Å². The first kappa shape index (κ1) is 15.2. The highest BCUT2D eigenvalue weighted by molar-refractivity contribution is 14.1. The zero-order valence-corrected chi connectivity index (χ0v) is 13.2. The van der Waals surface area contributed by atoms with Crippen LogP contribution in [0.2, 0.25) is 0 Å². The van der Waals surface area contributed by atoms with Crippen LogP contribution in [0.1, 0.15) is 47.0 Å². The molecular formula is C12H22INO3. The molecule has 1 rings (SSSR count). The summed E-state index contributed by atoms with van der Waals surface area (Å²) in [6.07, 6.45) is 1.72. The minimum absolute atomic E-state index is 0.161. The molecule has 4 nitrogen and oxygen atoms in total. The summed E-state index contributed by atoms with van der Waals surface area (Å²) < 4.78 is 6.45. The molecule has 1 aliphatic rings. The van der Waals surface area contributed by atoms with Crippen molar-refractivity contribution in [1.29, 1.82) is 0 Å². The van der Waals surface area contributed by atoms with Gasteiger partial charge in [0.2, 0.25) is 0 Å². The molecule has 0 aromatic carbocycles. The Kier molecular flexibility index (Phi) is 4.82. The van der Waals surface area contributed by atoms with Crippen molar-refractivity contribution < 1.29 is 14.7 Å². The summed E-state index contributed by atoms with van der Waals surface area (Å²) in [5.74, 6) is -0.161. The fraction of sp³-hybridized carbons (Fsp3) is 0.917. The average Bonchev–Trinajstić information content (AvgIpc) is 2.37. The molecule has 0 spiro atoms. The lowest BCUT2D eigenvalue weighted by molar-refractivity contribution is -0.205. The fourth-order valence-electron chi connectivity index (χ4n) is 2.32. The van der Waals surface area contributed by atoms with Crippen molar-refractivity contribution in [3.63, 3.8) is 0 Å². The molecule has 0 bridgehead atoms. The van der Waals surface area contributed by atoms with E-state index < -0.39 is 5.54 Å². The molecule has 1 N–H and O–H groups in total. The molecule has 0 aromatic rings. The van der Waals surface area contributed by atoms with Crippen LogP contribution >= 0.6 is 22.6 Å². The van der Waals surface area contributed by atoms with Crippen molar-refractivity contribution in [2.45, 2.75) is 64.1 Å². The van der Waals surface area contributed by atoms with Gasteiger partial charge in [-0.2, -0.15) is 5.06 Å². The summed E-state index contributed by atoms with van der Waals surface area (Å²) in [6.45, 7) is 7.71. The van der Waals surface area contributed by atoms with Gasteiger partial charge in [0.1, 0.15) is 6.10 Å². The van der Waals surface area contributed by atoms with Gasteiger partial charge in [-0.05, 0) is 34.1 Å². The van der Waals surface area contributed by atoms with Crippen molar-refractivity contribution >= 4 is 28.6 Å². The highest BCUT2D eigenvalue weighted by Gasteiger charge is 2.53. The third kappa shape index (κ3) is 3.32. The number of halogens is 1. The molecule has 1 aliphatic heterocycles. The molecule has 1 heterocycles. The van der Waals surface area contributed by atoms with Crippen LogP contribution < -0.4 is 0 Å². The van der Waals surface area contributed by atoms with Gasteiger partial charge < -0.3 is 9.94 Å². The second-order valence-electron chi connectivity index (χ2n) is 5.75. The molecule has 0 aromatic heterocycles. The normalized spacial score (nSPS) is 27.1. The molecule has 1 fully saturated rings. The van der Waals surface area contributed by atoms with E-state index in [-0.39, 0.29) is 17.6 Å². The maximum atomic E-state index is 11.6. The van der Waals surface area contributed by atoms with Gasteiger partial charge in [-0.25, -0.2) is 0 Å². The van der Waals surface area contributed by atoms with E-state index >= 15 is 0 Å². The smallest absolute Gasteiger partial charge is 0.306 e. The molecular weight excluding hydrogens is 333 g/mol.